The molecule has 2 rings (SSSR count). The predicted octanol–water partition coefficient (Wildman–Crippen LogP) is 2.98. The molecule has 0 aliphatic carbocycles. The van der Waals surface area contributed by atoms with Gasteiger partial charge in [0.05, 0.1) is 6.54 Å². The number of aromatic nitrogens is 1. The first-order valence-corrected chi connectivity index (χ1v) is 7.83. The highest BCUT2D eigenvalue weighted by molar-refractivity contribution is 7.98. The lowest BCUT2D eigenvalue weighted by atomic mass is 10.2. The summed E-state index contributed by atoms with van der Waals surface area (Å²) in [6.07, 6.45) is 3.31. The lowest BCUT2D eigenvalue weighted by Gasteiger charge is -2.22. The van der Waals surface area contributed by atoms with E-state index >= 15 is 0 Å². The minimum atomic E-state index is 0.521. The van der Waals surface area contributed by atoms with E-state index in [9.17, 15) is 0 Å². The summed E-state index contributed by atoms with van der Waals surface area (Å²) in [5.41, 5.74) is 8.08. The summed E-state index contributed by atoms with van der Waals surface area (Å²) in [5.74, 6) is 1.93. The molecule has 0 aliphatic heterocycles. The smallest absolute Gasteiger partial charge is 0.209 e. The third-order valence-electron chi connectivity index (χ3n) is 3.33. The van der Waals surface area contributed by atoms with Crippen molar-refractivity contribution in [1.29, 1.82) is 0 Å². The molecule has 0 saturated heterocycles. The number of fused-ring (bicyclic) bond motifs is 1. The second-order valence-corrected chi connectivity index (χ2v) is 5.87. The molecule has 0 aliphatic rings. The molecule has 5 heteroatoms. The molecule has 1 heterocycles. The molecule has 0 saturated carbocycles. The molecule has 2 aromatic rings. The Morgan fingerprint density at radius 3 is 3.00 bits per heavy atom. The summed E-state index contributed by atoms with van der Waals surface area (Å²) in [4.78, 5) is 6.76. The molecule has 1 atom stereocenters. The second kappa shape index (κ2) is 6.30. The Morgan fingerprint density at radius 1 is 1.47 bits per heavy atom. The van der Waals surface area contributed by atoms with Crippen LogP contribution in [-0.4, -0.2) is 35.0 Å². The number of thioether (sulfide) groups is 1. The van der Waals surface area contributed by atoms with Gasteiger partial charge >= 0.3 is 0 Å². The second-order valence-electron chi connectivity index (χ2n) is 4.88. The molecular weight excluding hydrogens is 258 g/mol. The van der Waals surface area contributed by atoms with Crippen molar-refractivity contribution in [3.8, 4) is 0 Å². The zero-order valence-corrected chi connectivity index (χ0v) is 12.5. The van der Waals surface area contributed by atoms with Crippen molar-refractivity contribution in [1.82, 2.24) is 9.88 Å². The Bertz CT molecular complexity index is 540. The van der Waals surface area contributed by atoms with Crippen LogP contribution in [0.2, 0.25) is 0 Å². The van der Waals surface area contributed by atoms with Crippen molar-refractivity contribution in [3.05, 3.63) is 24.1 Å². The zero-order chi connectivity index (χ0) is 13.8. The third kappa shape index (κ3) is 3.64. The highest BCUT2D eigenvalue weighted by Gasteiger charge is 2.13. The van der Waals surface area contributed by atoms with E-state index in [4.69, 9.17) is 10.2 Å². The van der Waals surface area contributed by atoms with Gasteiger partial charge in [-0.3, -0.25) is 4.90 Å². The van der Waals surface area contributed by atoms with Crippen molar-refractivity contribution in [3.63, 3.8) is 0 Å². The van der Waals surface area contributed by atoms with E-state index in [1.807, 2.05) is 30.0 Å². The van der Waals surface area contributed by atoms with E-state index in [-0.39, 0.29) is 0 Å². The molecule has 1 unspecified atom stereocenters. The Hall–Kier alpha value is -1.20. The van der Waals surface area contributed by atoms with Crippen LogP contribution in [0.25, 0.3) is 11.1 Å². The van der Waals surface area contributed by atoms with Gasteiger partial charge in [-0.1, -0.05) is 0 Å². The van der Waals surface area contributed by atoms with Gasteiger partial charge in [-0.25, -0.2) is 4.98 Å². The highest BCUT2D eigenvalue weighted by atomic mass is 32.2. The van der Waals surface area contributed by atoms with Crippen molar-refractivity contribution >= 4 is 28.5 Å². The number of hydrogen-bond acceptors (Lipinski definition) is 5. The maximum Gasteiger partial charge on any atom is 0.209 e. The van der Waals surface area contributed by atoms with Gasteiger partial charge in [0.2, 0.25) is 5.89 Å². The lowest BCUT2D eigenvalue weighted by Crippen LogP contribution is -2.29. The van der Waals surface area contributed by atoms with Gasteiger partial charge in [0.1, 0.15) is 5.52 Å². The van der Waals surface area contributed by atoms with Crippen LogP contribution >= 0.6 is 11.8 Å². The molecular formula is C14H21N3OS. The zero-order valence-electron chi connectivity index (χ0n) is 11.7. The number of nitrogens with zero attached hydrogens (tertiary/aromatic N) is 2. The minimum Gasteiger partial charge on any atom is -0.439 e. The molecule has 104 valence electrons. The highest BCUT2D eigenvalue weighted by Crippen LogP contribution is 2.19. The molecule has 0 amide bonds. The van der Waals surface area contributed by atoms with Crippen molar-refractivity contribution in [2.45, 2.75) is 25.9 Å². The molecule has 0 spiro atoms. The van der Waals surface area contributed by atoms with Gasteiger partial charge in [-0.2, -0.15) is 11.8 Å². The van der Waals surface area contributed by atoms with E-state index in [1.54, 1.807) is 0 Å². The Kier molecular flexibility index (Phi) is 4.71. The average Bonchev–Trinajstić information content (AvgIpc) is 2.77. The standard InChI is InChI=1S/C14H21N3OS/c1-10(6-7-19-3)17(2)9-14-16-12-5-4-11(15)8-13(12)18-14/h4-5,8,10H,6-7,9,15H2,1-3H3. The molecule has 1 aromatic heterocycles. The average molecular weight is 279 g/mol. The predicted molar refractivity (Wildman–Crippen MR) is 82.3 cm³/mol. The van der Waals surface area contributed by atoms with Crippen molar-refractivity contribution in [2.24, 2.45) is 0 Å². The first-order valence-electron chi connectivity index (χ1n) is 6.44. The van der Waals surface area contributed by atoms with Crippen LogP contribution < -0.4 is 5.73 Å². The summed E-state index contributed by atoms with van der Waals surface area (Å²) < 4.78 is 5.74. The summed E-state index contributed by atoms with van der Waals surface area (Å²) in [6, 6.07) is 6.09. The van der Waals surface area contributed by atoms with Crippen LogP contribution in [-0.2, 0) is 6.54 Å². The van der Waals surface area contributed by atoms with Crippen LogP contribution in [0, 0.1) is 0 Å². The summed E-state index contributed by atoms with van der Waals surface area (Å²) in [7, 11) is 2.11. The summed E-state index contributed by atoms with van der Waals surface area (Å²) in [5, 5.41) is 0. The first kappa shape index (κ1) is 14.2. The molecule has 1 aromatic carbocycles. The molecule has 4 nitrogen and oxygen atoms in total. The lowest BCUT2D eigenvalue weighted by molar-refractivity contribution is 0.224. The van der Waals surface area contributed by atoms with E-state index in [1.165, 1.54) is 12.2 Å². The number of hydrogen-bond donors (Lipinski definition) is 1. The third-order valence-corrected chi connectivity index (χ3v) is 3.98. The number of nitrogen functional groups attached to an aromatic ring is 1. The number of benzene rings is 1. The normalized spacial score (nSPS) is 13.3. The Labute approximate surface area is 118 Å². The maximum atomic E-state index is 5.74. The number of oxazole rings is 1. The first-order chi connectivity index (χ1) is 9.10. The largest absolute Gasteiger partial charge is 0.439 e. The Balaban J connectivity index is 2.04. The molecule has 19 heavy (non-hydrogen) atoms. The van der Waals surface area contributed by atoms with Crippen LogP contribution in [0.15, 0.2) is 22.6 Å². The van der Waals surface area contributed by atoms with E-state index in [2.05, 4.69) is 30.1 Å². The van der Waals surface area contributed by atoms with Gasteiger partial charge in [-0.15, -0.1) is 0 Å². The summed E-state index contributed by atoms with van der Waals surface area (Å²) >= 11 is 1.88. The Morgan fingerprint density at radius 2 is 2.26 bits per heavy atom. The van der Waals surface area contributed by atoms with Crippen molar-refractivity contribution in [2.75, 3.05) is 24.8 Å². The number of nitrogens with two attached hydrogens (primary N) is 1. The fourth-order valence-corrected chi connectivity index (χ4v) is 2.51. The van der Waals surface area contributed by atoms with E-state index < -0.39 is 0 Å². The number of rotatable bonds is 6. The topological polar surface area (TPSA) is 55.3 Å². The van der Waals surface area contributed by atoms with Crippen molar-refractivity contribution < 1.29 is 4.42 Å². The van der Waals surface area contributed by atoms with Gasteiger partial charge in [0.25, 0.3) is 0 Å². The van der Waals surface area contributed by atoms with Crippen LogP contribution in [0.1, 0.15) is 19.2 Å². The monoisotopic (exact) mass is 279 g/mol. The summed E-state index contributed by atoms with van der Waals surface area (Å²) in [6.45, 7) is 2.96. The number of anilines is 1. The molecule has 0 fully saturated rings. The van der Waals surface area contributed by atoms with Gasteiger partial charge in [0.15, 0.2) is 5.58 Å². The SMILES string of the molecule is CSCCC(C)N(C)Cc1nc2ccc(N)cc2o1. The van der Waals surface area contributed by atoms with Gasteiger partial charge < -0.3 is 10.2 Å². The molecule has 0 radical (unpaired) electrons. The fraction of sp³-hybridized carbons (Fsp3) is 0.500. The van der Waals surface area contributed by atoms with Crippen LogP contribution in [0.5, 0.6) is 0 Å². The minimum absolute atomic E-state index is 0.521. The quantitative estimate of drug-likeness (QED) is 0.824. The van der Waals surface area contributed by atoms with Gasteiger partial charge in [-0.05, 0) is 44.5 Å². The van der Waals surface area contributed by atoms with E-state index in [0.29, 0.717) is 11.7 Å². The molecule has 2 N–H and O–H groups in total. The van der Waals surface area contributed by atoms with Crippen LogP contribution in [0.4, 0.5) is 5.69 Å². The van der Waals surface area contributed by atoms with Crippen LogP contribution in [0.3, 0.4) is 0 Å². The molecule has 0 bridgehead atoms. The van der Waals surface area contributed by atoms with Gasteiger partial charge in [0, 0.05) is 17.8 Å². The van der Waals surface area contributed by atoms with E-state index in [0.717, 1.165) is 23.5 Å². The maximum absolute atomic E-state index is 5.74. The fourth-order valence-electron chi connectivity index (χ4n) is 1.93.